The van der Waals surface area contributed by atoms with Gasteiger partial charge < -0.3 is 18.9 Å². The minimum absolute atomic E-state index is 0.293. The number of carbonyl (C=O) groups is 3. The van der Waals surface area contributed by atoms with Crippen molar-refractivity contribution in [1.82, 2.24) is 0 Å². The van der Waals surface area contributed by atoms with Crippen LogP contribution in [0.2, 0.25) is 0 Å². The third-order valence-electron chi connectivity index (χ3n) is 2.18. The minimum atomic E-state index is -0.855. The zero-order valence-electron chi connectivity index (χ0n) is 11.5. The van der Waals surface area contributed by atoms with Crippen LogP contribution in [0, 0.1) is 0 Å². The van der Waals surface area contributed by atoms with Crippen molar-refractivity contribution in [2.24, 2.45) is 0 Å². The number of esters is 3. The minimum Gasteiger partial charge on any atom is -0.497 e. The summed E-state index contributed by atoms with van der Waals surface area (Å²) < 4.78 is 18.7. The van der Waals surface area contributed by atoms with E-state index in [1.807, 2.05) is 0 Å². The third kappa shape index (κ3) is 6.24. The Balaban J connectivity index is 2.38. The number of benzene rings is 1. The Kier molecular flexibility index (Phi) is 6.46. The summed E-state index contributed by atoms with van der Waals surface area (Å²) in [6.07, 6.45) is 1.74. The summed E-state index contributed by atoms with van der Waals surface area (Å²) in [7, 11) is 2.69. The van der Waals surface area contributed by atoms with Crippen LogP contribution in [0.5, 0.6) is 11.5 Å². The van der Waals surface area contributed by atoms with Crippen molar-refractivity contribution < 1.29 is 33.3 Å². The van der Waals surface area contributed by atoms with Gasteiger partial charge in [0, 0.05) is 12.2 Å². The average Bonchev–Trinajstić information content (AvgIpc) is 2.51. The number of methoxy groups -OCH3 is 2. The van der Waals surface area contributed by atoms with Crippen LogP contribution in [0.25, 0.3) is 0 Å². The lowest BCUT2D eigenvalue weighted by atomic mass is 10.3. The van der Waals surface area contributed by atoms with Gasteiger partial charge in [0.1, 0.15) is 11.5 Å². The lowest BCUT2D eigenvalue weighted by Gasteiger charge is -2.05. The highest BCUT2D eigenvalue weighted by Gasteiger charge is 2.08. The van der Waals surface area contributed by atoms with Gasteiger partial charge in [-0.05, 0) is 24.3 Å². The Hall–Kier alpha value is -2.83. The van der Waals surface area contributed by atoms with Gasteiger partial charge in [-0.1, -0.05) is 0 Å². The molecule has 112 valence electrons. The quantitative estimate of drug-likeness (QED) is 0.437. The third-order valence-corrected chi connectivity index (χ3v) is 2.18. The second kappa shape index (κ2) is 8.36. The van der Waals surface area contributed by atoms with Crippen molar-refractivity contribution in [3.8, 4) is 11.5 Å². The van der Waals surface area contributed by atoms with E-state index in [-0.39, 0.29) is 0 Å². The van der Waals surface area contributed by atoms with E-state index in [0.717, 1.165) is 12.2 Å². The fourth-order valence-electron chi connectivity index (χ4n) is 1.19. The van der Waals surface area contributed by atoms with E-state index in [2.05, 4.69) is 9.47 Å². The average molecular weight is 294 g/mol. The molecule has 0 fully saturated rings. The molecule has 1 rings (SSSR count). The van der Waals surface area contributed by atoms with Gasteiger partial charge in [0.05, 0.1) is 14.2 Å². The molecule has 21 heavy (non-hydrogen) atoms. The zero-order valence-corrected chi connectivity index (χ0v) is 11.5. The summed E-state index contributed by atoms with van der Waals surface area (Å²) >= 11 is 0. The first-order valence-electron chi connectivity index (χ1n) is 5.82. The molecule has 0 amide bonds. The molecule has 0 aliphatic rings. The lowest BCUT2D eigenvalue weighted by molar-refractivity contribution is -0.150. The summed E-state index contributed by atoms with van der Waals surface area (Å²) in [4.78, 5) is 33.3. The molecular weight excluding hydrogens is 280 g/mol. The smallest absolute Gasteiger partial charge is 0.349 e. The molecule has 0 bridgehead atoms. The maximum absolute atomic E-state index is 11.4. The summed E-state index contributed by atoms with van der Waals surface area (Å²) in [5.41, 5.74) is 0. The van der Waals surface area contributed by atoms with Gasteiger partial charge in [0.15, 0.2) is 6.61 Å². The Morgan fingerprint density at radius 3 is 2.10 bits per heavy atom. The molecule has 0 atom stereocenters. The van der Waals surface area contributed by atoms with Crippen LogP contribution in [-0.2, 0) is 23.9 Å². The van der Waals surface area contributed by atoms with Crippen molar-refractivity contribution in [2.75, 3.05) is 20.8 Å². The standard InChI is InChI=1S/C14H14O7/c1-18-10-3-5-11(6-4-10)21-14(17)9-20-13(16)8-7-12(15)19-2/h3-8H,9H2,1-2H3/b8-7+. The van der Waals surface area contributed by atoms with E-state index in [1.165, 1.54) is 26.4 Å². The first-order chi connectivity index (χ1) is 10.0. The summed E-state index contributed by atoms with van der Waals surface area (Å²) in [5.74, 6) is -1.39. The first kappa shape index (κ1) is 16.2. The summed E-state index contributed by atoms with van der Waals surface area (Å²) in [6, 6.07) is 6.31. The molecule has 7 heteroatoms. The van der Waals surface area contributed by atoms with Gasteiger partial charge in [-0.2, -0.15) is 0 Å². The zero-order chi connectivity index (χ0) is 15.7. The number of carbonyl (C=O) groups excluding carboxylic acids is 3. The van der Waals surface area contributed by atoms with E-state index in [1.54, 1.807) is 12.1 Å². The van der Waals surface area contributed by atoms with Crippen molar-refractivity contribution in [1.29, 1.82) is 0 Å². The second-order valence-electron chi connectivity index (χ2n) is 3.61. The molecule has 1 aromatic rings. The van der Waals surface area contributed by atoms with Crippen molar-refractivity contribution in [3.05, 3.63) is 36.4 Å². The van der Waals surface area contributed by atoms with Gasteiger partial charge in [-0.3, -0.25) is 0 Å². The van der Waals surface area contributed by atoms with Crippen molar-refractivity contribution in [3.63, 3.8) is 0 Å². The van der Waals surface area contributed by atoms with Crippen LogP contribution in [0.1, 0.15) is 0 Å². The highest BCUT2D eigenvalue weighted by Crippen LogP contribution is 2.16. The highest BCUT2D eigenvalue weighted by molar-refractivity contribution is 5.92. The van der Waals surface area contributed by atoms with Gasteiger partial charge in [0.2, 0.25) is 0 Å². The number of ether oxygens (including phenoxy) is 4. The molecular formula is C14H14O7. The monoisotopic (exact) mass is 294 g/mol. The molecule has 0 heterocycles. The number of rotatable bonds is 6. The fraction of sp³-hybridized carbons (Fsp3) is 0.214. The van der Waals surface area contributed by atoms with Crippen LogP contribution in [0.4, 0.5) is 0 Å². The van der Waals surface area contributed by atoms with E-state index in [9.17, 15) is 14.4 Å². The molecule has 0 radical (unpaired) electrons. The van der Waals surface area contributed by atoms with E-state index < -0.39 is 24.5 Å². The molecule has 7 nitrogen and oxygen atoms in total. The predicted octanol–water partition coefficient (Wildman–Crippen LogP) is 0.873. The number of hydrogen-bond acceptors (Lipinski definition) is 7. The normalized spacial score (nSPS) is 10.0. The molecule has 0 saturated heterocycles. The highest BCUT2D eigenvalue weighted by atomic mass is 16.6. The van der Waals surface area contributed by atoms with E-state index in [4.69, 9.17) is 9.47 Å². The topological polar surface area (TPSA) is 88.1 Å². The van der Waals surface area contributed by atoms with Gasteiger partial charge in [-0.25, -0.2) is 14.4 Å². The van der Waals surface area contributed by atoms with Crippen molar-refractivity contribution >= 4 is 17.9 Å². The lowest BCUT2D eigenvalue weighted by Crippen LogP contribution is -2.18. The maximum Gasteiger partial charge on any atom is 0.349 e. The van der Waals surface area contributed by atoms with Crippen molar-refractivity contribution in [2.45, 2.75) is 0 Å². The summed E-state index contributed by atoms with van der Waals surface area (Å²) in [5, 5.41) is 0. The molecule has 0 unspecified atom stereocenters. The second-order valence-corrected chi connectivity index (χ2v) is 3.61. The van der Waals surface area contributed by atoms with Crippen LogP contribution in [-0.4, -0.2) is 38.7 Å². The number of hydrogen-bond donors (Lipinski definition) is 0. The molecule has 0 aliphatic heterocycles. The Morgan fingerprint density at radius 1 is 0.952 bits per heavy atom. The largest absolute Gasteiger partial charge is 0.497 e. The van der Waals surface area contributed by atoms with Gasteiger partial charge in [0.25, 0.3) is 0 Å². The van der Waals surface area contributed by atoms with E-state index in [0.29, 0.717) is 11.5 Å². The molecule has 1 aromatic carbocycles. The fourth-order valence-corrected chi connectivity index (χ4v) is 1.19. The van der Waals surface area contributed by atoms with E-state index >= 15 is 0 Å². The predicted molar refractivity (Wildman–Crippen MR) is 70.7 cm³/mol. The molecule has 0 saturated carbocycles. The SMILES string of the molecule is COC(=O)/C=C/C(=O)OCC(=O)Oc1ccc(OC)cc1. The first-order valence-corrected chi connectivity index (χ1v) is 5.82. The molecule has 0 N–H and O–H groups in total. The molecule has 0 aromatic heterocycles. The van der Waals surface area contributed by atoms with Gasteiger partial charge >= 0.3 is 17.9 Å². The van der Waals surface area contributed by atoms with Crippen LogP contribution in [0.3, 0.4) is 0 Å². The molecule has 0 aliphatic carbocycles. The van der Waals surface area contributed by atoms with Crippen LogP contribution < -0.4 is 9.47 Å². The maximum atomic E-state index is 11.4. The summed E-state index contributed by atoms with van der Waals surface area (Å²) in [6.45, 7) is -0.573. The Morgan fingerprint density at radius 2 is 1.52 bits per heavy atom. The van der Waals surface area contributed by atoms with Gasteiger partial charge in [-0.15, -0.1) is 0 Å². The Labute approximate surface area is 121 Å². The molecule has 0 spiro atoms. The van der Waals surface area contributed by atoms with Crippen LogP contribution in [0.15, 0.2) is 36.4 Å². The Bertz CT molecular complexity index is 531. The van der Waals surface area contributed by atoms with Crippen LogP contribution >= 0.6 is 0 Å².